The summed E-state index contributed by atoms with van der Waals surface area (Å²) in [5, 5.41) is 4.46. The molecule has 2 aliphatic carbocycles. The largest absolute Gasteiger partial charge is 0.374 e. The van der Waals surface area contributed by atoms with E-state index in [1.54, 1.807) is 0 Å². The number of hydrogen-bond acceptors (Lipinski definition) is 3. The second kappa shape index (κ2) is 5.79. The highest BCUT2D eigenvalue weighted by molar-refractivity contribution is 6.30. The summed E-state index contributed by atoms with van der Waals surface area (Å²) in [6.45, 7) is 2.77. The minimum Gasteiger partial charge on any atom is -0.374 e. The molecule has 2 atom stereocenters. The summed E-state index contributed by atoms with van der Waals surface area (Å²) in [5.74, 6) is 0. The summed E-state index contributed by atoms with van der Waals surface area (Å²) >= 11 is 6.23. The van der Waals surface area contributed by atoms with Gasteiger partial charge < -0.3 is 15.0 Å². The molecule has 0 radical (unpaired) electrons. The second-order valence-electron chi connectivity index (χ2n) is 6.53. The van der Waals surface area contributed by atoms with Gasteiger partial charge >= 0.3 is 0 Å². The lowest BCUT2D eigenvalue weighted by Crippen LogP contribution is -2.49. The first kappa shape index (κ1) is 13.9. The van der Waals surface area contributed by atoms with Gasteiger partial charge in [0.05, 0.1) is 18.8 Å². The van der Waals surface area contributed by atoms with E-state index in [0.717, 1.165) is 30.8 Å². The van der Waals surface area contributed by atoms with Gasteiger partial charge in [-0.3, -0.25) is 0 Å². The van der Waals surface area contributed by atoms with Crippen molar-refractivity contribution in [3.8, 4) is 0 Å². The predicted octanol–water partition coefficient (Wildman–Crippen LogP) is 3.35. The van der Waals surface area contributed by atoms with Crippen LogP contribution in [0.25, 0.3) is 0 Å². The van der Waals surface area contributed by atoms with Gasteiger partial charge in [-0.15, -0.1) is 0 Å². The maximum absolute atomic E-state index is 6.23. The first-order chi connectivity index (χ1) is 10.3. The topological polar surface area (TPSA) is 24.5 Å². The molecule has 4 heteroatoms. The molecule has 1 aromatic carbocycles. The number of anilines is 1. The molecule has 1 heterocycles. The average Bonchev–Trinajstić information content (AvgIpc) is 3.20. The van der Waals surface area contributed by atoms with Gasteiger partial charge in [-0.2, -0.15) is 0 Å². The zero-order valence-corrected chi connectivity index (χ0v) is 13.1. The lowest BCUT2D eigenvalue weighted by Gasteiger charge is -2.40. The molecule has 3 aliphatic rings. The standard InChI is InChI=1S/C17H23ClN2O/c18-13-4-7-15(12(10-13)11-19-14-5-6-14)20-8-9-21-17-3-1-2-16(17)20/h4,7,10,14,16-17,19H,1-3,5-6,8-9,11H2. The SMILES string of the molecule is Clc1ccc(N2CCOC3CCCC32)c(CNC2CC2)c1. The van der Waals surface area contributed by atoms with Crippen LogP contribution in [0.3, 0.4) is 0 Å². The molecule has 0 bridgehead atoms. The van der Waals surface area contributed by atoms with Crippen LogP contribution in [0.5, 0.6) is 0 Å². The van der Waals surface area contributed by atoms with E-state index in [1.165, 1.54) is 43.4 Å². The number of ether oxygens (including phenoxy) is 1. The van der Waals surface area contributed by atoms with Crippen molar-refractivity contribution in [1.29, 1.82) is 0 Å². The third kappa shape index (κ3) is 2.92. The van der Waals surface area contributed by atoms with E-state index in [9.17, 15) is 0 Å². The zero-order chi connectivity index (χ0) is 14.2. The van der Waals surface area contributed by atoms with Crippen LogP contribution in [0.4, 0.5) is 5.69 Å². The van der Waals surface area contributed by atoms with Gasteiger partial charge in [-0.05, 0) is 55.9 Å². The lowest BCUT2D eigenvalue weighted by molar-refractivity contribution is 0.0256. The van der Waals surface area contributed by atoms with Crippen LogP contribution in [-0.2, 0) is 11.3 Å². The summed E-state index contributed by atoms with van der Waals surface area (Å²) in [5.41, 5.74) is 2.69. The Labute approximate surface area is 131 Å². The fourth-order valence-corrected chi connectivity index (χ4v) is 3.94. The Morgan fingerprint density at radius 3 is 3.00 bits per heavy atom. The highest BCUT2D eigenvalue weighted by Gasteiger charge is 2.36. The molecule has 3 fully saturated rings. The number of benzene rings is 1. The molecule has 1 N–H and O–H groups in total. The monoisotopic (exact) mass is 306 g/mol. The van der Waals surface area contributed by atoms with Crippen LogP contribution in [0.1, 0.15) is 37.7 Å². The van der Waals surface area contributed by atoms with E-state index >= 15 is 0 Å². The molecule has 2 unspecified atom stereocenters. The van der Waals surface area contributed by atoms with Crippen molar-refractivity contribution in [2.45, 2.75) is 56.8 Å². The fraction of sp³-hybridized carbons (Fsp3) is 0.647. The van der Waals surface area contributed by atoms with Gasteiger partial charge in [-0.1, -0.05) is 11.6 Å². The third-order valence-corrected chi connectivity index (χ3v) is 5.23. The van der Waals surface area contributed by atoms with E-state index in [0.29, 0.717) is 12.1 Å². The van der Waals surface area contributed by atoms with Crippen molar-refractivity contribution in [3.63, 3.8) is 0 Å². The maximum Gasteiger partial charge on any atom is 0.0779 e. The van der Waals surface area contributed by atoms with Crippen molar-refractivity contribution >= 4 is 17.3 Å². The van der Waals surface area contributed by atoms with Crippen LogP contribution in [0.2, 0.25) is 5.02 Å². The quantitative estimate of drug-likeness (QED) is 0.923. The minimum absolute atomic E-state index is 0.429. The number of nitrogens with one attached hydrogen (secondary N) is 1. The molecule has 4 rings (SSSR count). The van der Waals surface area contributed by atoms with E-state index in [1.807, 2.05) is 6.07 Å². The normalized spacial score (nSPS) is 28.7. The average molecular weight is 307 g/mol. The minimum atomic E-state index is 0.429. The number of nitrogens with zero attached hydrogens (tertiary/aromatic N) is 1. The van der Waals surface area contributed by atoms with E-state index < -0.39 is 0 Å². The first-order valence-electron chi connectivity index (χ1n) is 8.21. The summed E-state index contributed by atoms with van der Waals surface area (Å²) in [6.07, 6.45) is 6.82. The second-order valence-corrected chi connectivity index (χ2v) is 6.97. The van der Waals surface area contributed by atoms with Crippen LogP contribution in [0, 0.1) is 0 Å². The number of morpholine rings is 1. The Bertz CT molecular complexity index is 518. The van der Waals surface area contributed by atoms with Crippen LogP contribution >= 0.6 is 11.6 Å². The van der Waals surface area contributed by atoms with E-state index in [4.69, 9.17) is 16.3 Å². The van der Waals surface area contributed by atoms with Gasteiger partial charge in [0.25, 0.3) is 0 Å². The smallest absolute Gasteiger partial charge is 0.0779 e. The number of halogens is 1. The van der Waals surface area contributed by atoms with Crippen LogP contribution < -0.4 is 10.2 Å². The predicted molar refractivity (Wildman–Crippen MR) is 86.0 cm³/mol. The number of rotatable bonds is 4. The van der Waals surface area contributed by atoms with Gasteiger partial charge in [0.15, 0.2) is 0 Å². The van der Waals surface area contributed by atoms with Crippen molar-refractivity contribution < 1.29 is 4.74 Å². The maximum atomic E-state index is 6.23. The third-order valence-electron chi connectivity index (χ3n) is 4.99. The lowest BCUT2D eigenvalue weighted by atomic mass is 10.1. The van der Waals surface area contributed by atoms with Gasteiger partial charge in [0.2, 0.25) is 0 Å². The molecule has 0 aromatic heterocycles. The van der Waals surface area contributed by atoms with Crippen molar-refractivity contribution in [2.75, 3.05) is 18.1 Å². The molecule has 1 aliphatic heterocycles. The highest BCUT2D eigenvalue weighted by Crippen LogP contribution is 2.35. The molecule has 0 spiro atoms. The summed E-state index contributed by atoms with van der Waals surface area (Å²) < 4.78 is 5.94. The number of fused-ring (bicyclic) bond motifs is 1. The van der Waals surface area contributed by atoms with Gasteiger partial charge in [-0.25, -0.2) is 0 Å². The fourth-order valence-electron chi connectivity index (χ4n) is 3.74. The molecule has 114 valence electrons. The Hall–Kier alpha value is -0.770. The molecule has 1 aromatic rings. The summed E-state index contributed by atoms with van der Waals surface area (Å²) in [6, 6.07) is 7.63. The molecule has 2 saturated carbocycles. The molecule has 21 heavy (non-hydrogen) atoms. The number of hydrogen-bond donors (Lipinski definition) is 1. The van der Waals surface area contributed by atoms with Crippen molar-refractivity contribution in [2.24, 2.45) is 0 Å². The Kier molecular flexibility index (Phi) is 3.82. The molecular weight excluding hydrogens is 284 g/mol. The molecule has 1 saturated heterocycles. The van der Waals surface area contributed by atoms with Crippen molar-refractivity contribution in [1.82, 2.24) is 5.32 Å². The van der Waals surface area contributed by atoms with Crippen LogP contribution in [-0.4, -0.2) is 31.3 Å². The molecule has 0 amide bonds. The van der Waals surface area contributed by atoms with Gasteiger partial charge in [0, 0.05) is 29.8 Å². The van der Waals surface area contributed by atoms with E-state index in [-0.39, 0.29) is 0 Å². The summed E-state index contributed by atoms with van der Waals surface area (Å²) in [4.78, 5) is 2.57. The first-order valence-corrected chi connectivity index (χ1v) is 8.59. The molecule has 3 nitrogen and oxygen atoms in total. The molecular formula is C17H23ClN2O. The van der Waals surface area contributed by atoms with E-state index in [2.05, 4.69) is 22.3 Å². The zero-order valence-electron chi connectivity index (χ0n) is 12.4. The van der Waals surface area contributed by atoms with Crippen LogP contribution in [0.15, 0.2) is 18.2 Å². The Morgan fingerprint density at radius 1 is 1.24 bits per heavy atom. The van der Waals surface area contributed by atoms with Crippen molar-refractivity contribution in [3.05, 3.63) is 28.8 Å². The Balaban J connectivity index is 1.59. The highest BCUT2D eigenvalue weighted by atomic mass is 35.5. The summed E-state index contributed by atoms with van der Waals surface area (Å²) in [7, 11) is 0. The Morgan fingerprint density at radius 2 is 2.14 bits per heavy atom. The van der Waals surface area contributed by atoms with Gasteiger partial charge in [0.1, 0.15) is 0 Å².